The van der Waals surface area contributed by atoms with Gasteiger partial charge in [-0.15, -0.1) is 0 Å². The predicted octanol–water partition coefficient (Wildman–Crippen LogP) is 4.46. The number of rotatable bonds is 5. The van der Waals surface area contributed by atoms with Gasteiger partial charge < -0.3 is 15.1 Å². The van der Waals surface area contributed by atoms with Gasteiger partial charge in [-0.05, 0) is 79.6 Å². The molecule has 2 heterocycles. The Labute approximate surface area is 187 Å². The van der Waals surface area contributed by atoms with Gasteiger partial charge >= 0.3 is 11.7 Å². The molecule has 1 saturated heterocycles. The summed E-state index contributed by atoms with van der Waals surface area (Å²) in [5.74, 6) is 0. The maximum Gasteiger partial charge on any atom is 0.336 e. The lowest BCUT2D eigenvalue weighted by atomic mass is 9.99. The van der Waals surface area contributed by atoms with Gasteiger partial charge in [0.15, 0.2) is 0 Å². The van der Waals surface area contributed by atoms with Crippen molar-refractivity contribution in [2.45, 2.75) is 51.1 Å². The molecular formula is C26H29N3O3. The van der Waals surface area contributed by atoms with Gasteiger partial charge in [-0.3, -0.25) is 4.90 Å². The number of piperidine rings is 1. The van der Waals surface area contributed by atoms with E-state index in [1.165, 1.54) is 11.1 Å². The number of benzene rings is 2. The Morgan fingerprint density at radius 3 is 2.69 bits per heavy atom. The molecule has 6 nitrogen and oxygen atoms in total. The number of nitrogens with zero attached hydrogens (tertiary/aromatic N) is 1. The molecule has 0 spiro atoms. The number of carbonyl (C=O) groups excluding carboxylic acids is 1. The van der Waals surface area contributed by atoms with Gasteiger partial charge in [0, 0.05) is 36.3 Å². The maximum absolute atomic E-state index is 12.4. The van der Waals surface area contributed by atoms with Crippen LogP contribution in [0.4, 0.5) is 10.5 Å². The zero-order valence-corrected chi connectivity index (χ0v) is 18.2. The molecule has 0 radical (unpaired) electrons. The summed E-state index contributed by atoms with van der Waals surface area (Å²) in [7, 11) is 0. The lowest BCUT2D eigenvalue weighted by molar-refractivity contribution is 0.139. The number of hydrogen-bond donors (Lipinski definition) is 2. The minimum atomic E-state index is -0.292. The fourth-order valence-electron chi connectivity index (χ4n) is 5.05. The van der Waals surface area contributed by atoms with Gasteiger partial charge in [-0.1, -0.05) is 24.6 Å². The van der Waals surface area contributed by atoms with E-state index < -0.39 is 0 Å². The first kappa shape index (κ1) is 20.8. The SMILES string of the molecule is O=C(NCC1CCCCN1Cc1cc(=O)oc2cc3c(cc12)CCC3)Nc1ccccc1. The van der Waals surface area contributed by atoms with E-state index in [2.05, 4.69) is 27.7 Å². The number of likely N-dealkylation sites (tertiary alicyclic amines) is 1. The molecule has 5 rings (SSSR count). The molecule has 2 N–H and O–H groups in total. The summed E-state index contributed by atoms with van der Waals surface area (Å²) in [6.07, 6.45) is 6.62. The van der Waals surface area contributed by atoms with Crippen LogP contribution in [0.5, 0.6) is 0 Å². The number of carbonyl (C=O) groups is 1. The topological polar surface area (TPSA) is 74.6 Å². The standard InChI is InChI=1S/C26H29N3O3/c30-25-15-20(23-13-18-7-6-8-19(18)14-24(23)32-25)17-29-12-5-4-11-22(29)16-27-26(31)28-21-9-2-1-3-10-21/h1-3,9-10,13-15,22H,4-8,11-12,16-17H2,(H2,27,28,31). The van der Waals surface area contributed by atoms with Gasteiger partial charge in [0.05, 0.1) is 0 Å². The molecule has 3 aromatic rings. The van der Waals surface area contributed by atoms with Gasteiger partial charge in [-0.2, -0.15) is 0 Å². The molecule has 1 atom stereocenters. The summed E-state index contributed by atoms with van der Waals surface area (Å²) in [5, 5.41) is 6.95. The largest absolute Gasteiger partial charge is 0.423 e. The summed E-state index contributed by atoms with van der Waals surface area (Å²) in [6.45, 7) is 2.22. The average molecular weight is 432 g/mol. The molecule has 1 fully saturated rings. The number of aryl methyl sites for hydroxylation is 2. The van der Waals surface area contributed by atoms with Gasteiger partial charge in [0.25, 0.3) is 0 Å². The Kier molecular flexibility index (Phi) is 5.95. The average Bonchev–Trinajstić information content (AvgIpc) is 3.25. The van der Waals surface area contributed by atoms with Crippen molar-refractivity contribution in [2.75, 3.05) is 18.4 Å². The van der Waals surface area contributed by atoms with Gasteiger partial charge in [0.1, 0.15) is 5.58 Å². The molecule has 0 saturated carbocycles. The van der Waals surface area contributed by atoms with Crippen LogP contribution in [0.2, 0.25) is 0 Å². The van der Waals surface area contributed by atoms with Crippen molar-refractivity contribution < 1.29 is 9.21 Å². The summed E-state index contributed by atoms with van der Waals surface area (Å²) < 4.78 is 5.54. The highest BCUT2D eigenvalue weighted by Crippen LogP contribution is 2.30. The van der Waals surface area contributed by atoms with Crippen LogP contribution in [0.1, 0.15) is 42.4 Å². The number of anilines is 1. The Morgan fingerprint density at radius 1 is 1.03 bits per heavy atom. The number of nitrogens with one attached hydrogen (secondary N) is 2. The summed E-state index contributed by atoms with van der Waals surface area (Å²) in [6, 6.07) is 15.4. The molecule has 2 aromatic carbocycles. The van der Waals surface area contributed by atoms with E-state index in [1.807, 2.05) is 30.3 Å². The molecule has 166 valence electrons. The van der Waals surface area contributed by atoms with Gasteiger partial charge in [-0.25, -0.2) is 9.59 Å². The first-order valence-corrected chi connectivity index (χ1v) is 11.6. The zero-order valence-electron chi connectivity index (χ0n) is 18.2. The second-order valence-corrected chi connectivity index (χ2v) is 8.88. The number of para-hydroxylation sites is 1. The van der Waals surface area contributed by atoms with E-state index >= 15 is 0 Å². The van der Waals surface area contributed by atoms with Crippen LogP contribution in [-0.4, -0.2) is 30.1 Å². The Balaban J connectivity index is 1.31. The van der Waals surface area contributed by atoms with Crippen molar-refractivity contribution in [3.05, 3.63) is 75.6 Å². The quantitative estimate of drug-likeness (QED) is 0.585. The summed E-state index contributed by atoms with van der Waals surface area (Å²) >= 11 is 0. The molecule has 1 aromatic heterocycles. The highest BCUT2D eigenvalue weighted by molar-refractivity contribution is 5.89. The fraction of sp³-hybridized carbons (Fsp3) is 0.385. The molecule has 6 heteroatoms. The van der Waals surface area contributed by atoms with Crippen molar-refractivity contribution in [2.24, 2.45) is 0 Å². The predicted molar refractivity (Wildman–Crippen MR) is 126 cm³/mol. The van der Waals surface area contributed by atoms with Gasteiger partial charge in [0.2, 0.25) is 0 Å². The number of fused-ring (bicyclic) bond motifs is 2. The highest BCUT2D eigenvalue weighted by Gasteiger charge is 2.24. The lowest BCUT2D eigenvalue weighted by Gasteiger charge is -2.36. The van der Waals surface area contributed by atoms with Crippen LogP contribution in [0, 0.1) is 0 Å². The molecule has 0 bridgehead atoms. The second kappa shape index (κ2) is 9.17. The number of hydrogen-bond acceptors (Lipinski definition) is 4. The molecule has 1 aliphatic carbocycles. The molecule has 32 heavy (non-hydrogen) atoms. The van der Waals surface area contributed by atoms with Crippen LogP contribution in [-0.2, 0) is 19.4 Å². The van der Waals surface area contributed by atoms with E-state index in [0.717, 1.165) is 61.7 Å². The smallest absolute Gasteiger partial charge is 0.336 e. The van der Waals surface area contributed by atoms with Crippen molar-refractivity contribution in [3.63, 3.8) is 0 Å². The van der Waals surface area contributed by atoms with Crippen LogP contribution < -0.4 is 16.3 Å². The van der Waals surface area contributed by atoms with E-state index in [0.29, 0.717) is 18.7 Å². The third kappa shape index (κ3) is 4.55. The van der Waals surface area contributed by atoms with Crippen molar-refractivity contribution in [1.29, 1.82) is 0 Å². The minimum Gasteiger partial charge on any atom is -0.423 e. The third-order valence-corrected chi connectivity index (χ3v) is 6.70. The van der Waals surface area contributed by atoms with Crippen LogP contribution in [0.3, 0.4) is 0 Å². The summed E-state index contributed by atoms with van der Waals surface area (Å²) in [4.78, 5) is 27.0. The van der Waals surface area contributed by atoms with Crippen LogP contribution in [0.25, 0.3) is 11.0 Å². The number of amides is 2. The monoisotopic (exact) mass is 431 g/mol. The van der Waals surface area contributed by atoms with Crippen molar-refractivity contribution >= 4 is 22.7 Å². The van der Waals surface area contributed by atoms with Crippen molar-refractivity contribution in [1.82, 2.24) is 10.2 Å². The lowest BCUT2D eigenvalue weighted by Crippen LogP contribution is -2.47. The third-order valence-electron chi connectivity index (χ3n) is 6.70. The second-order valence-electron chi connectivity index (χ2n) is 8.88. The van der Waals surface area contributed by atoms with E-state index in [9.17, 15) is 9.59 Å². The van der Waals surface area contributed by atoms with E-state index in [4.69, 9.17) is 4.42 Å². The summed E-state index contributed by atoms with van der Waals surface area (Å²) in [5.41, 5.74) is 4.89. The van der Waals surface area contributed by atoms with Crippen LogP contribution in [0.15, 0.2) is 57.7 Å². The molecule has 1 unspecified atom stereocenters. The first-order valence-electron chi connectivity index (χ1n) is 11.6. The molecular weight excluding hydrogens is 402 g/mol. The Bertz CT molecular complexity index is 1170. The fourth-order valence-corrected chi connectivity index (χ4v) is 5.05. The number of urea groups is 1. The maximum atomic E-state index is 12.4. The normalized spacial score (nSPS) is 18.4. The van der Waals surface area contributed by atoms with Crippen LogP contribution >= 0.6 is 0 Å². The zero-order chi connectivity index (χ0) is 21.9. The minimum absolute atomic E-state index is 0.192. The van der Waals surface area contributed by atoms with E-state index in [-0.39, 0.29) is 17.7 Å². The van der Waals surface area contributed by atoms with E-state index in [1.54, 1.807) is 6.07 Å². The Morgan fingerprint density at radius 2 is 1.84 bits per heavy atom. The first-order chi connectivity index (χ1) is 15.7. The highest BCUT2D eigenvalue weighted by atomic mass is 16.4. The molecule has 1 aliphatic heterocycles. The molecule has 2 aliphatic rings. The Hall–Kier alpha value is -3.12. The van der Waals surface area contributed by atoms with Crippen molar-refractivity contribution in [3.8, 4) is 0 Å². The molecule has 2 amide bonds.